The number of carbonyl (C=O) groups excluding carboxylic acids is 1. The number of benzene rings is 2. The van der Waals surface area contributed by atoms with Gasteiger partial charge in [0.15, 0.2) is 0 Å². The SMILES string of the molecule is Cc1c(F)cccc1NC(=O)c1ccccc1Cl. The zero-order chi connectivity index (χ0) is 13.1. The molecule has 2 aromatic rings. The summed E-state index contributed by atoms with van der Waals surface area (Å²) in [7, 11) is 0. The average molecular weight is 264 g/mol. The molecule has 1 N–H and O–H groups in total. The number of carbonyl (C=O) groups is 1. The van der Waals surface area contributed by atoms with Gasteiger partial charge in [0.2, 0.25) is 0 Å². The van der Waals surface area contributed by atoms with Crippen molar-refractivity contribution >= 4 is 23.2 Å². The van der Waals surface area contributed by atoms with Crippen LogP contribution >= 0.6 is 11.6 Å². The highest BCUT2D eigenvalue weighted by Gasteiger charge is 2.11. The van der Waals surface area contributed by atoms with Crippen molar-refractivity contribution in [3.05, 3.63) is 64.4 Å². The molecular weight excluding hydrogens is 253 g/mol. The van der Waals surface area contributed by atoms with E-state index in [0.29, 0.717) is 21.8 Å². The van der Waals surface area contributed by atoms with Crippen molar-refractivity contribution in [3.63, 3.8) is 0 Å². The number of nitrogens with one attached hydrogen (secondary N) is 1. The van der Waals surface area contributed by atoms with E-state index in [0.717, 1.165) is 0 Å². The van der Waals surface area contributed by atoms with Crippen molar-refractivity contribution in [3.8, 4) is 0 Å². The van der Waals surface area contributed by atoms with Gasteiger partial charge >= 0.3 is 0 Å². The fourth-order valence-electron chi connectivity index (χ4n) is 1.58. The summed E-state index contributed by atoms with van der Waals surface area (Å²) >= 11 is 5.92. The molecule has 0 bridgehead atoms. The van der Waals surface area contributed by atoms with Gasteiger partial charge in [0.1, 0.15) is 5.82 Å². The minimum Gasteiger partial charge on any atom is -0.322 e. The van der Waals surface area contributed by atoms with E-state index >= 15 is 0 Å². The Bertz CT molecular complexity index is 598. The smallest absolute Gasteiger partial charge is 0.257 e. The molecule has 2 nitrogen and oxygen atoms in total. The van der Waals surface area contributed by atoms with E-state index in [1.165, 1.54) is 6.07 Å². The fourth-order valence-corrected chi connectivity index (χ4v) is 1.80. The van der Waals surface area contributed by atoms with Crippen molar-refractivity contribution in [1.29, 1.82) is 0 Å². The zero-order valence-electron chi connectivity index (χ0n) is 9.71. The van der Waals surface area contributed by atoms with E-state index in [4.69, 9.17) is 11.6 Å². The highest BCUT2D eigenvalue weighted by atomic mass is 35.5. The maximum Gasteiger partial charge on any atom is 0.257 e. The number of halogens is 2. The van der Waals surface area contributed by atoms with Crippen LogP contribution < -0.4 is 5.32 Å². The Morgan fingerprint density at radius 1 is 1.17 bits per heavy atom. The molecule has 0 aliphatic heterocycles. The first-order chi connectivity index (χ1) is 8.59. The summed E-state index contributed by atoms with van der Waals surface area (Å²) in [4.78, 5) is 12.0. The summed E-state index contributed by atoms with van der Waals surface area (Å²) in [5.41, 5.74) is 1.21. The molecule has 0 radical (unpaired) electrons. The van der Waals surface area contributed by atoms with E-state index < -0.39 is 0 Å². The lowest BCUT2D eigenvalue weighted by Crippen LogP contribution is -2.13. The lowest BCUT2D eigenvalue weighted by atomic mass is 10.1. The molecule has 18 heavy (non-hydrogen) atoms. The summed E-state index contributed by atoms with van der Waals surface area (Å²) in [6.45, 7) is 1.61. The molecule has 4 heteroatoms. The Balaban J connectivity index is 2.27. The first-order valence-corrected chi connectivity index (χ1v) is 5.78. The molecular formula is C14H11ClFNO. The molecule has 0 unspecified atom stereocenters. The van der Waals surface area contributed by atoms with Crippen molar-refractivity contribution < 1.29 is 9.18 Å². The molecule has 1 amide bonds. The molecule has 0 saturated heterocycles. The predicted molar refractivity (Wildman–Crippen MR) is 70.5 cm³/mol. The first-order valence-electron chi connectivity index (χ1n) is 5.40. The van der Waals surface area contributed by atoms with E-state index in [-0.39, 0.29) is 11.7 Å². The third kappa shape index (κ3) is 2.51. The van der Waals surface area contributed by atoms with Gasteiger partial charge in [-0.2, -0.15) is 0 Å². The molecule has 0 atom stereocenters. The molecule has 0 aromatic heterocycles. The second-order valence-corrected chi connectivity index (χ2v) is 4.25. The van der Waals surface area contributed by atoms with Gasteiger partial charge < -0.3 is 5.32 Å². The van der Waals surface area contributed by atoms with Gasteiger partial charge in [0.05, 0.1) is 10.6 Å². The Hall–Kier alpha value is -1.87. The van der Waals surface area contributed by atoms with Crippen LogP contribution in [0.5, 0.6) is 0 Å². The Kier molecular flexibility index (Phi) is 3.63. The Labute approximate surface area is 109 Å². The molecule has 0 saturated carbocycles. The number of rotatable bonds is 2. The Morgan fingerprint density at radius 2 is 1.89 bits per heavy atom. The minimum atomic E-state index is -0.355. The normalized spacial score (nSPS) is 10.2. The fraction of sp³-hybridized carbons (Fsp3) is 0.0714. The number of anilines is 1. The van der Waals surface area contributed by atoms with Crippen LogP contribution in [0.3, 0.4) is 0 Å². The van der Waals surface area contributed by atoms with Gasteiger partial charge in [-0.1, -0.05) is 29.8 Å². The van der Waals surface area contributed by atoms with Crippen LogP contribution in [0.15, 0.2) is 42.5 Å². The number of amides is 1. The first kappa shape index (κ1) is 12.6. The molecule has 0 heterocycles. The molecule has 0 spiro atoms. The van der Waals surface area contributed by atoms with E-state index in [2.05, 4.69) is 5.32 Å². The maximum absolute atomic E-state index is 13.3. The van der Waals surface area contributed by atoms with Crippen LogP contribution in [0.25, 0.3) is 0 Å². The highest BCUT2D eigenvalue weighted by Crippen LogP contribution is 2.20. The topological polar surface area (TPSA) is 29.1 Å². The van der Waals surface area contributed by atoms with Gasteiger partial charge in [-0.3, -0.25) is 4.79 Å². The molecule has 2 rings (SSSR count). The van der Waals surface area contributed by atoms with Crippen molar-refractivity contribution in [2.24, 2.45) is 0 Å². The van der Waals surface area contributed by atoms with Crippen LogP contribution in [0.2, 0.25) is 5.02 Å². The number of hydrogen-bond donors (Lipinski definition) is 1. The van der Waals surface area contributed by atoms with Crippen LogP contribution in [0.4, 0.5) is 10.1 Å². The van der Waals surface area contributed by atoms with Crippen LogP contribution in [-0.2, 0) is 0 Å². The third-order valence-electron chi connectivity index (χ3n) is 2.63. The standard InChI is InChI=1S/C14H11ClFNO/c1-9-12(16)7-4-8-13(9)17-14(18)10-5-2-3-6-11(10)15/h2-8H,1H3,(H,17,18). The van der Waals surface area contributed by atoms with Gasteiger partial charge in [-0.15, -0.1) is 0 Å². The molecule has 0 fully saturated rings. The summed E-state index contributed by atoms with van der Waals surface area (Å²) in [5.74, 6) is -0.707. The lowest BCUT2D eigenvalue weighted by Gasteiger charge is -2.09. The molecule has 0 aliphatic rings. The molecule has 2 aromatic carbocycles. The van der Waals surface area contributed by atoms with E-state index in [1.807, 2.05) is 0 Å². The number of hydrogen-bond acceptors (Lipinski definition) is 1. The van der Waals surface area contributed by atoms with E-state index in [1.54, 1.807) is 43.3 Å². The van der Waals surface area contributed by atoms with Crippen LogP contribution in [0.1, 0.15) is 15.9 Å². The highest BCUT2D eigenvalue weighted by molar-refractivity contribution is 6.34. The van der Waals surface area contributed by atoms with Crippen molar-refractivity contribution in [2.75, 3.05) is 5.32 Å². The lowest BCUT2D eigenvalue weighted by molar-refractivity contribution is 0.102. The summed E-state index contributed by atoms with van der Waals surface area (Å²) in [6, 6.07) is 11.3. The van der Waals surface area contributed by atoms with Gasteiger partial charge in [0, 0.05) is 11.3 Å². The second kappa shape index (κ2) is 5.19. The average Bonchev–Trinajstić information content (AvgIpc) is 2.35. The van der Waals surface area contributed by atoms with Gasteiger partial charge in [-0.05, 0) is 31.2 Å². The van der Waals surface area contributed by atoms with Crippen LogP contribution in [0, 0.1) is 12.7 Å². The van der Waals surface area contributed by atoms with E-state index in [9.17, 15) is 9.18 Å². The van der Waals surface area contributed by atoms with Crippen LogP contribution in [-0.4, -0.2) is 5.91 Å². The monoisotopic (exact) mass is 263 g/mol. The quantitative estimate of drug-likeness (QED) is 0.870. The maximum atomic E-state index is 13.3. The van der Waals surface area contributed by atoms with Crippen molar-refractivity contribution in [1.82, 2.24) is 0 Å². The largest absolute Gasteiger partial charge is 0.322 e. The summed E-state index contributed by atoms with van der Waals surface area (Å²) in [6.07, 6.45) is 0. The second-order valence-electron chi connectivity index (χ2n) is 3.85. The summed E-state index contributed by atoms with van der Waals surface area (Å²) < 4.78 is 13.3. The minimum absolute atomic E-state index is 0.352. The third-order valence-corrected chi connectivity index (χ3v) is 2.96. The van der Waals surface area contributed by atoms with Gasteiger partial charge in [0.25, 0.3) is 5.91 Å². The zero-order valence-corrected chi connectivity index (χ0v) is 10.5. The summed E-state index contributed by atoms with van der Waals surface area (Å²) in [5, 5.41) is 3.01. The Morgan fingerprint density at radius 3 is 2.61 bits per heavy atom. The molecule has 92 valence electrons. The predicted octanol–water partition coefficient (Wildman–Crippen LogP) is 4.04. The molecule has 0 aliphatic carbocycles. The van der Waals surface area contributed by atoms with Gasteiger partial charge in [-0.25, -0.2) is 4.39 Å². The van der Waals surface area contributed by atoms with Crippen molar-refractivity contribution in [2.45, 2.75) is 6.92 Å².